The van der Waals surface area contributed by atoms with Crippen molar-refractivity contribution in [1.82, 2.24) is 0 Å². The number of aliphatic hydroxyl groups is 1. The number of fused-ring (bicyclic) bond motifs is 1. The molecule has 164 valence electrons. The van der Waals surface area contributed by atoms with Crippen molar-refractivity contribution < 1.29 is 18.6 Å². The van der Waals surface area contributed by atoms with Crippen LogP contribution in [0.2, 0.25) is 0 Å². The van der Waals surface area contributed by atoms with Crippen molar-refractivity contribution >= 4 is 9.84 Å². The Morgan fingerprint density at radius 3 is 2.30 bits per heavy atom. The van der Waals surface area contributed by atoms with Crippen LogP contribution in [0, 0.1) is 12.3 Å². The van der Waals surface area contributed by atoms with E-state index in [2.05, 4.69) is 13.8 Å². The molecule has 1 aliphatic rings. The lowest BCUT2D eigenvalue weighted by Gasteiger charge is -2.40. The molecule has 0 aliphatic carbocycles. The SMILES string of the molecule is CCCCC1(CCCC)CS(=O)(=O)c2ccc(C)cc2[C@@H](c2cccc(O)c2)[C@H]1O. The van der Waals surface area contributed by atoms with Crippen LogP contribution in [0.3, 0.4) is 0 Å². The minimum absolute atomic E-state index is 0.0352. The van der Waals surface area contributed by atoms with E-state index < -0.39 is 27.3 Å². The number of aromatic hydroxyl groups is 1. The highest BCUT2D eigenvalue weighted by Crippen LogP contribution is 2.49. The second kappa shape index (κ2) is 9.11. The fourth-order valence-electron chi connectivity index (χ4n) is 4.96. The number of phenols is 1. The van der Waals surface area contributed by atoms with Crippen LogP contribution in [0.1, 0.15) is 75.0 Å². The topological polar surface area (TPSA) is 74.6 Å². The highest BCUT2D eigenvalue weighted by atomic mass is 32.2. The molecule has 5 heteroatoms. The Labute approximate surface area is 180 Å². The molecule has 0 amide bonds. The number of sulfone groups is 1. The van der Waals surface area contributed by atoms with Crippen molar-refractivity contribution in [3.63, 3.8) is 0 Å². The summed E-state index contributed by atoms with van der Waals surface area (Å²) in [6, 6.07) is 12.3. The van der Waals surface area contributed by atoms with Gasteiger partial charge in [-0.1, -0.05) is 69.4 Å². The Morgan fingerprint density at radius 2 is 1.70 bits per heavy atom. The van der Waals surface area contributed by atoms with Gasteiger partial charge in [0, 0.05) is 11.3 Å². The van der Waals surface area contributed by atoms with Crippen molar-refractivity contribution in [1.29, 1.82) is 0 Å². The molecule has 2 N–H and O–H groups in total. The Morgan fingerprint density at radius 1 is 1.03 bits per heavy atom. The lowest BCUT2D eigenvalue weighted by molar-refractivity contribution is 0.0126. The third kappa shape index (κ3) is 4.42. The van der Waals surface area contributed by atoms with Gasteiger partial charge >= 0.3 is 0 Å². The first-order valence-electron chi connectivity index (χ1n) is 11.0. The molecule has 0 spiro atoms. The molecule has 0 aromatic heterocycles. The van der Waals surface area contributed by atoms with Crippen LogP contribution in [0.15, 0.2) is 47.4 Å². The van der Waals surface area contributed by atoms with Crippen LogP contribution in [-0.4, -0.2) is 30.5 Å². The standard InChI is InChI=1S/C25H34O4S/c1-4-6-13-25(14-7-5-2)17-30(28,29)22-12-11-18(3)15-21(22)23(24(25)27)19-9-8-10-20(26)16-19/h8-12,15-16,23-24,26-27H,4-7,13-14,17H2,1-3H3/t23-,24-/m1/s1. The monoisotopic (exact) mass is 430 g/mol. The molecule has 0 unspecified atom stereocenters. The summed E-state index contributed by atoms with van der Waals surface area (Å²) in [5.74, 6) is -0.418. The molecule has 2 aromatic carbocycles. The largest absolute Gasteiger partial charge is 0.508 e. The predicted octanol–water partition coefficient (Wildman–Crippen LogP) is 5.35. The number of unbranched alkanes of at least 4 members (excludes halogenated alkanes) is 2. The molecule has 0 bridgehead atoms. The zero-order valence-electron chi connectivity index (χ0n) is 18.3. The number of hydrogen-bond donors (Lipinski definition) is 2. The molecule has 4 nitrogen and oxygen atoms in total. The fraction of sp³-hybridized carbons (Fsp3) is 0.520. The van der Waals surface area contributed by atoms with Gasteiger partial charge in [0.15, 0.2) is 9.84 Å². The molecule has 0 saturated heterocycles. The van der Waals surface area contributed by atoms with Crippen molar-refractivity contribution in [2.24, 2.45) is 5.41 Å². The number of phenolic OH excluding ortho intramolecular Hbond substituents is 1. The summed E-state index contributed by atoms with van der Waals surface area (Å²) in [6.07, 6.45) is 4.14. The maximum atomic E-state index is 13.6. The molecule has 2 aromatic rings. The lowest BCUT2D eigenvalue weighted by Crippen LogP contribution is -2.43. The summed E-state index contributed by atoms with van der Waals surface area (Å²) >= 11 is 0. The average molecular weight is 431 g/mol. The van der Waals surface area contributed by atoms with E-state index in [1.54, 1.807) is 24.3 Å². The first kappa shape index (κ1) is 22.8. The normalized spacial score (nSPS) is 22.3. The summed E-state index contributed by atoms with van der Waals surface area (Å²) in [7, 11) is -3.57. The van der Waals surface area contributed by atoms with Crippen LogP contribution in [0.5, 0.6) is 5.75 Å². The van der Waals surface area contributed by atoms with Crippen LogP contribution < -0.4 is 0 Å². The van der Waals surface area contributed by atoms with Crippen LogP contribution in [0.25, 0.3) is 0 Å². The molecule has 2 atom stereocenters. The molecule has 0 saturated carbocycles. The highest BCUT2D eigenvalue weighted by molar-refractivity contribution is 7.91. The Kier molecular flexibility index (Phi) is 6.93. The third-order valence-electron chi connectivity index (χ3n) is 6.54. The Hall–Kier alpha value is -1.85. The zero-order valence-corrected chi connectivity index (χ0v) is 19.1. The minimum atomic E-state index is -3.57. The van der Waals surface area contributed by atoms with Gasteiger partial charge in [0.1, 0.15) is 5.75 Å². The number of rotatable bonds is 7. The molecule has 30 heavy (non-hydrogen) atoms. The van der Waals surface area contributed by atoms with Crippen molar-refractivity contribution in [2.75, 3.05) is 5.75 Å². The lowest BCUT2D eigenvalue weighted by atomic mass is 9.68. The maximum Gasteiger partial charge on any atom is 0.179 e. The van der Waals surface area contributed by atoms with E-state index in [9.17, 15) is 18.6 Å². The van der Waals surface area contributed by atoms with E-state index in [0.29, 0.717) is 23.3 Å². The summed E-state index contributed by atoms with van der Waals surface area (Å²) in [5.41, 5.74) is 1.64. The second-order valence-corrected chi connectivity index (χ2v) is 10.8. The average Bonchev–Trinajstić information content (AvgIpc) is 2.76. The first-order valence-corrected chi connectivity index (χ1v) is 12.7. The maximum absolute atomic E-state index is 13.6. The summed E-state index contributed by atoms with van der Waals surface area (Å²) in [5, 5.41) is 22.0. The van der Waals surface area contributed by atoms with E-state index in [4.69, 9.17) is 0 Å². The molecule has 1 aliphatic heterocycles. The van der Waals surface area contributed by atoms with Gasteiger partial charge < -0.3 is 10.2 Å². The van der Waals surface area contributed by atoms with Gasteiger partial charge in [-0.2, -0.15) is 0 Å². The third-order valence-corrected chi connectivity index (χ3v) is 8.54. The van der Waals surface area contributed by atoms with E-state index in [1.165, 1.54) is 0 Å². The van der Waals surface area contributed by atoms with Gasteiger partial charge in [0.05, 0.1) is 16.8 Å². The van der Waals surface area contributed by atoms with Crippen molar-refractivity contribution in [3.05, 3.63) is 59.2 Å². The predicted molar refractivity (Wildman–Crippen MR) is 121 cm³/mol. The van der Waals surface area contributed by atoms with E-state index in [0.717, 1.165) is 36.8 Å². The van der Waals surface area contributed by atoms with E-state index in [1.807, 2.05) is 25.1 Å². The van der Waals surface area contributed by atoms with Crippen LogP contribution in [0.4, 0.5) is 0 Å². The van der Waals surface area contributed by atoms with Crippen LogP contribution >= 0.6 is 0 Å². The number of aliphatic hydroxyl groups excluding tert-OH is 1. The van der Waals surface area contributed by atoms with Gasteiger partial charge in [-0.05, 0) is 49.1 Å². The smallest absolute Gasteiger partial charge is 0.179 e. The van der Waals surface area contributed by atoms with Crippen LogP contribution in [-0.2, 0) is 9.84 Å². The quantitative estimate of drug-likeness (QED) is 0.621. The molecular formula is C25H34O4S. The molecule has 0 fully saturated rings. The summed E-state index contributed by atoms with van der Waals surface area (Å²) < 4.78 is 27.2. The van der Waals surface area contributed by atoms with Crippen molar-refractivity contribution in [3.8, 4) is 5.75 Å². The number of aryl methyl sites for hydroxylation is 1. The van der Waals surface area contributed by atoms with Gasteiger partial charge in [-0.15, -0.1) is 0 Å². The summed E-state index contributed by atoms with van der Waals surface area (Å²) in [6.45, 7) is 6.12. The van der Waals surface area contributed by atoms with E-state index in [-0.39, 0.29) is 11.5 Å². The minimum Gasteiger partial charge on any atom is -0.508 e. The van der Waals surface area contributed by atoms with Gasteiger partial charge in [-0.3, -0.25) is 0 Å². The molecule has 1 heterocycles. The number of benzene rings is 2. The van der Waals surface area contributed by atoms with Crippen molar-refractivity contribution in [2.45, 2.75) is 76.2 Å². The summed E-state index contributed by atoms with van der Waals surface area (Å²) in [4.78, 5) is 0.315. The Bertz CT molecular complexity index is 972. The first-order chi connectivity index (χ1) is 14.2. The Balaban J connectivity index is 2.28. The second-order valence-electron chi connectivity index (χ2n) is 8.89. The molecule has 3 rings (SSSR count). The zero-order chi connectivity index (χ0) is 21.9. The van der Waals surface area contributed by atoms with Gasteiger partial charge in [0.25, 0.3) is 0 Å². The van der Waals surface area contributed by atoms with Gasteiger partial charge in [0.2, 0.25) is 0 Å². The fourth-order valence-corrected chi connectivity index (χ4v) is 7.15. The highest BCUT2D eigenvalue weighted by Gasteiger charge is 2.49. The number of hydrogen-bond acceptors (Lipinski definition) is 4. The van der Waals surface area contributed by atoms with E-state index >= 15 is 0 Å². The molecule has 0 radical (unpaired) electrons. The van der Waals surface area contributed by atoms with Gasteiger partial charge in [-0.25, -0.2) is 8.42 Å². The molecular weight excluding hydrogens is 396 g/mol.